The molecule has 2 rings (SSSR count). The van der Waals surface area contributed by atoms with Crippen LogP contribution in [0.2, 0.25) is 0 Å². The molecule has 0 bridgehead atoms. The van der Waals surface area contributed by atoms with Gasteiger partial charge in [0.2, 0.25) is 0 Å². The topological polar surface area (TPSA) is 47.6 Å². The van der Waals surface area contributed by atoms with E-state index in [1.807, 2.05) is 24.3 Å². The Balaban J connectivity index is 1.76. The minimum Gasteiger partial charge on any atom is -0.482 e. The van der Waals surface area contributed by atoms with Crippen molar-refractivity contribution in [1.82, 2.24) is 0 Å². The smallest absolute Gasteiger partial charge is 0.343 e. The predicted molar refractivity (Wildman–Crippen MR) is 78.9 cm³/mol. The average Bonchev–Trinajstić information content (AvgIpc) is 2.52. The number of esters is 1. The summed E-state index contributed by atoms with van der Waals surface area (Å²) < 4.78 is 9.82. The van der Waals surface area contributed by atoms with Gasteiger partial charge in [-0.15, -0.1) is 0 Å². The molecule has 20 heavy (non-hydrogen) atoms. The minimum absolute atomic E-state index is 0.0579. The molecule has 108 valence electrons. The van der Waals surface area contributed by atoms with Crippen LogP contribution in [0.5, 0.6) is 5.75 Å². The SMILES string of the molecule is COC(=O)COc1ccc(NCC2CC=CCC2)cc1. The summed E-state index contributed by atoms with van der Waals surface area (Å²) >= 11 is 0. The van der Waals surface area contributed by atoms with Crippen molar-refractivity contribution in [1.29, 1.82) is 0 Å². The molecule has 1 atom stereocenters. The molecule has 0 saturated carbocycles. The lowest BCUT2D eigenvalue weighted by molar-refractivity contribution is -0.142. The molecule has 0 fully saturated rings. The molecule has 0 saturated heterocycles. The molecule has 1 aliphatic rings. The minimum atomic E-state index is -0.377. The van der Waals surface area contributed by atoms with E-state index in [0.717, 1.165) is 24.6 Å². The van der Waals surface area contributed by atoms with E-state index >= 15 is 0 Å². The molecule has 0 aliphatic heterocycles. The van der Waals surface area contributed by atoms with Gasteiger partial charge < -0.3 is 14.8 Å². The molecular formula is C16H21NO3. The highest BCUT2D eigenvalue weighted by atomic mass is 16.6. The molecular weight excluding hydrogens is 254 g/mol. The molecule has 4 heteroatoms. The Labute approximate surface area is 119 Å². The second-order valence-electron chi connectivity index (χ2n) is 4.92. The van der Waals surface area contributed by atoms with Crippen molar-refractivity contribution in [2.75, 3.05) is 25.6 Å². The number of methoxy groups -OCH3 is 1. The second-order valence-corrected chi connectivity index (χ2v) is 4.92. The molecule has 1 aromatic rings. The fraction of sp³-hybridized carbons (Fsp3) is 0.438. The van der Waals surface area contributed by atoms with Crippen molar-refractivity contribution in [2.24, 2.45) is 5.92 Å². The fourth-order valence-corrected chi connectivity index (χ4v) is 2.17. The van der Waals surface area contributed by atoms with Gasteiger partial charge in [0.1, 0.15) is 5.75 Å². The van der Waals surface area contributed by atoms with Crippen molar-refractivity contribution in [3.8, 4) is 5.75 Å². The Morgan fingerprint density at radius 3 is 2.75 bits per heavy atom. The predicted octanol–water partition coefficient (Wildman–Crippen LogP) is 3.01. The van der Waals surface area contributed by atoms with Crippen LogP contribution in [0.1, 0.15) is 19.3 Å². The van der Waals surface area contributed by atoms with Crippen LogP contribution in [-0.4, -0.2) is 26.2 Å². The lowest BCUT2D eigenvalue weighted by Crippen LogP contribution is -2.15. The van der Waals surface area contributed by atoms with Crippen LogP contribution in [0.3, 0.4) is 0 Å². The van der Waals surface area contributed by atoms with Gasteiger partial charge in [0.15, 0.2) is 6.61 Å². The van der Waals surface area contributed by atoms with Gasteiger partial charge in [-0.2, -0.15) is 0 Å². The Kier molecular flexibility index (Phi) is 5.47. The molecule has 1 aliphatic carbocycles. The van der Waals surface area contributed by atoms with Crippen molar-refractivity contribution in [3.05, 3.63) is 36.4 Å². The van der Waals surface area contributed by atoms with E-state index in [9.17, 15) is 4.79 Å². The van der Waals surface area contributed by atoms with Gasteiger partial charge in [-0.3, -0.25) is 0 Å². The average molecular weight is 275 g/mol. The standard InChI is InChI=1S/C16H21NO3/c1-19-16(18)12-20-15-9-7-14(8-10-15)17-11-13-5-3-2-4-6-13/h2-3,7-10,13,17H,4-6,11-12H2,1H3. The fourth-order valence-electron chi connectivity index (χ4n) is 2.17. The summed E-state index contributed by atoms with van der Waals surface area (Å²) in [5.41, 5.74) is 1.07. The second kappa shape index (κ2) is 7.58. The van der Waals surface area contributed by atoms with E-state index in [1.165, 1.54) is 20.0 Å². The largest absolute Gasteiger partial charge is 0.482 e. The van der Waals surface area contributed by atoms with Gasteiger partial charge >= 0.3 is 5.97 Å². The van der Waals surface area contributed by atoms with Crippen LogP contribution in [0.4, 0.5) is 5.69 Å². The molecule has 1 aromatic carbocycles. The van der Waals surface area contributed by atoms with Crippen molar-refractivity contribution in [3.63, 3.8) is 0 Å². The van der Waals surface area contributed by atoms with Crippen molar-refractivity contribution in [2.45, 2.75) is 19.3 Å². The Morgan fingerprint density at radius 2 is 2.10 bits per heavy atom. The van der Waals surface area contributed by atoms with Crippen LogP contribution in [0.15, 0.2) is 36.4 Å². The van der Waals surface area contributed by atoms with E-state index in [4.69, 9.17) is 4.74 Å². The molecule has 0 heterocycles. The number of allylic oxidation sites excluding steroid dienone is 2. The zero-order valence-electron chi connectivity index (χ0n) is 11.8. The first kappa shape index (κ1) is 14.4. The summed E-state index contributed by atoms with van der Waals surface area (Å²) in [5.74, 6) is 1.01. The molecule has 0 aromatic heterocycles. The summed E-state index contributed by atoms with van der Waals surface area (Å²) in [7, 11) is 1.35. The summed E-state index contributed by atoms with van der Waals surface area (Å²) in [6.07, 6.45) is 8.12. The highest BCUT2D eigenvalue weighted by Crippen LogP contribution is 2.20. The van der Waals surface area contributed by atoms with Crippen LogP contribution in [0.25, 0.3) is 0 Å². The number of ether oxygens (including phenoxy) is 2. The number of carbonyl (C=O) groups is 1. The summed E-state index contributed by atoms with van der Waals surface area (Å²) in [4.78, 5) is 11.0. The van der Waals surface area contributed by atoms with Gasteiger partial charge in [0, 0.05) is 12.2 Å². The first-order chi connectivity index (χ1) is 9.78. The highest BCUT2D eigenvalue weighted by molar-refractivity contribution is 5.70. The normalized spacial score (nSPS) is 17.6. The van der Waals surface area contributed by atoms with Crippen molar-refractivity contribution < 1.29 is 14.3 Å². The number of carbonyl (C=O) groups excluding carboxylic acids is 1. The maximum Gasteiger partial charge on any atom is 0.343 e. The number of benzene rings is 1. The molecule has 0 spiro atoms. The molecule has 1 N–H and O–H groups in total. The lowest BCUT2D eigenvalue weighted by Gasteiger charge is -2.18. The van der Waals surface area contributed by atoms with Gasteiger partial charge in [0.25, 0.3) is 0 Å². The molecule has 4 nitrogen and oxygen atoms in total. The third-order valence-corrected chi connectivity index (χ3v) is 3.41. The summed E-state index contributed by atoms with van der Waals surface area (Å²) in [5, 5.41) is 3.44. The van der Waals surface area contributed by atoms with E-state index in [1.54, 1.807) is 0 Å². The number of nitrogens with one attached hydrogen (secondary N) is 1. The van der Waals surface area contributed by atoms with E-state index in [-0.39, 0.29) is 12.6 Å². The lowest BCUT2D eigenvalue weighted by atomic mass is 9.94. The van der Waals surface area contributed by atoms with E-state index < -0.39 is 0 Å². The number of rotatable bonds is 6. The molecule has 1 unspecified atom stereocenters. The first-order valence-corrected chi connectivity index (χ1v) is 6.96. The molecule has 0 radical (unpaired) electrons. The highest BCUT2D eigenvalue weighted by Gasteiger charge is 2.09. The monoisotopic (exact) mass is 275 g/mol. The Bertz CT molecular complexity index is 453. The maximum atomic E-state index is 11.0. The maximum absolute atomic E-state index is 11.0. The summed E-state index contributed by atoms with van der Waals surface area (Å²) in [6.45, 7) is 0.935. The third kappa shape index (κ3) is 4.61. The zero-order chi connectivity index (χ0) is 14.2. The van der Waals surface area contributed by atoms with E-state index in [2.05, 4.69) is 22.2 Å². The van der Waals surface area contributed by atoms with Gasteiger partial charge in [-0.1, -0.05) is 12.2 Å². The number of hydrogen-bond donors (Lipinski definition) is 1. The van der Waals surface area contributed by atoms with Gasteiger partial charge in [0.05, 0.1) is 7.11 Å². The quantitative estimate of drug-likeness (QED) is 0.640. The van der Waals surface area contributed by atoms with Gasteiger partial charge in [-0.05, 0) is 49.4 Å². The molecule has 0 amide bonds. The Hall–Kier alpha value is -1.97. The zero-order valence-corrected chi connectivity index (χ0v) is 11.8. The van der Waals surface area contributed by atoms with E-state index in [0.29, 0.717) is 5.75 Å². The number of hydrogen-bond acceptors (Lipinski definition) is 4. The summed E-state index contributed by atoms with van der Waals surface area (Å²) in [6, 6.07) is 7.63. The van der Waals surface area contributed by atoms with Crippen molar-refractivity contribution >= 4 is 11.7 Å². The first-order valence-electron chi connectivity index (χ1n) is 6.96. The van der Waals surface area contributed by atoms with Gasteiger partial charge in [-0.25, -0.2) is 4.79 Å². The van der Waals surface area contributed by atoms with Crippen LogP contribution in [-0.2, 0) is 9.53 Å². The van der Waals surface area contributed by atoms with Crippen LogP contribution >= 0.6 is 0 Å². The van der Waals surface area contributed by atoms with Crippen LogP contribution in [0, 0.1) is 5.92 Å². The Morgan fingerprint density at radius 1 is 1.30 bits per heavy atom. The third-order valence-electron chi connectivity index (χ3n) is 3.41. The van der Waals surface area contributed by atoms with Crippen LogP contribution < -0.4 is 10.1 Å². The number of anilines is 1.